The third-order valence-electron chi connectivity index (χ3n) is 4.06. The number of allylic oxidation sites excluding steroid dienone is 1. The zero-order valence-corrected chi connectivity index (χ0v) is 19.6. The van der Waals surface area contributed by atoms with Gasteiger partial charge in [0.15, 0.2) is 0 Å². The van der Waals surface area contributed by atoms with Crippen molar-refractivity contribution >= 4 is 16.0 Å². The maximum absolute atomic E-state index is 11.4. The van der Waals surface area contributed by atoms with Crippen LogP contribution in [-0.4, -0.2) is 31.2 Å². The molecule has 0 saturated heterocycles. The van der Waals surface area contributed by atoms with Crippen molar-refractivity contribution in [2.24, 2.45) is 4.99 Å². The normalized spacial score (nSPS) is 12.5. The van der Waals surface area contributed by atoms with E-state index < -0.39 is 10.1 Å². The fourth-order valence-corrected chi connectivity index (χ4v) is 3.09. The minimum atomic E-state index is -3.95. The monoisotopic (exact) mass is 397 g/mol. The number of unbranched alkanes of at least 4 members (excludes halogenated alkanes) is 11. The molecule has 0 heterocycles. The van der Waals surface area contributed by atoms with Crippen LogP contribution in [0.15, 0.2) is 17.1 Å². The molecule has 0 aromatic rings. The molecule has 0 spiro atoms. The van der Waals surface area contributed by atoms with Gasteiger partial charge in [0.05, 0.1) is 5.75 Å². The van der Waals surface area contributed by atoms with Crippen LogP contribution in [0.2, 0.25) is 0 Å². The van der Waals surface area contributed by atoms with Crippen LogP contribution in [0.5, 0.6) is 0 Å². The Kier molecular flexibility index (Phi) is 21.7. The van der Waals surface area contributed by atoms with E-state index in [9.17, 15) is 13.5 Å². The molecule has 0 atom stereocenters. The molecule has 0 saturated carbocycles. The smallest absolute Gasteiger partial charge is 0.859 e. The summed E-state index contributed by atoms with van der Waals surface area (Å²) in [7, 11) is -3.95. The second-order valence-electron chi connectivity index (χ2n) is 6.59. The van der Waals surface area contributed by atoms with E-state index in [1.165, 1.54) is 70.3 Å². The molecular formula is C19H36NNaO4S. The molecule has 0 aromatic heterocycles. The predicted octanol–water partition coefficient (Wildman–Crippen LogP) is 1.28. The maximum Gasteiger partial charge on any atom is 1.00 e. The number of aliphatic imine (C=N–C) groups is 1. The number of hydrogen-bond acceptors (Lipinski definition) is 4. The zero-order valence-electron chi connectivity index (χ0n) is 16.8. The van der Waals surface area contributed by atoms with Gasteiger partial charge in [0.25, 0.3) is 10.1 Å². The van der Waals surface area contributed by atoms with Crippen molar-refractivity contribution in [1.82, 2.24) is 0 Å². The average Bonchev–Trinajstić information content (AvgIpc) is 2.55. The Labute approximate surface area is 182 Å². The van der Waals surface area contributed by atoms with Gasteiger partial charge in [-0.25, -0.2) is 0 Å². The van der Waals surface area contributed by atoms with Gasteiger partial charge in [-0.1, -0.05) is 83.3 Å². The van der Waals surface area contributed by atoms with Gasteiger partial charge in [-0.05, 0) is 25.2 Å². The first-order chi connectivity index (χ1) is 12.0. The molecule has 0 aliphatic carbocycles. The van der Waals surface area contributed by atoms with Crippen molar-refractivity contribution in [1.29, 1.82) is 0 Å². The van der Waals surface area contributed by atoms with Crippen LogP contribution in [-0.2, 0) is 10.1 Å². The fraction of sp³-hybridized carbons (Fsp3) is 0.842. The van der Waals surface area contributed by atoms with E-state index in [0.717, 1.165) is 12.8 Å². The standard InChI is InChI=1S/C19H37NO4S.Na/c1-2-3-4-5-6-7-8-9-10-11-12-13-14-16-19(21)20-17-15-18-25(22,23)24;/h14,16H,2-13,15,17-18H2,1H3,(H,20,21)(H,22,23,24);/q;+1/p-1/b16-14+;. The molecule has 0 aliphatic rings. The quantitative estimate of drug-likeness (QED) is 0.132. The molecule has 148 valence electrons. The van der Waals surface area contributed by atoms with Crippen molar-refractivity contribution in [3.63, 3.8) is 0 Å². The number of rotatable bonds is 17. The molecule has 0 radical (unpaired) electrons. The molecule has 0 aromatic carbocycles. The summed E-state index contributed by atoms with van der Waals surface area (Å²) in [5.74, 6) is -0.690. The molecule has 0 amide bonds. The largest absolute Gasteiger partial charge is 1.00 e. The summed E-state index contributed by atoms with van der Waals surface area (Å²) in [5.41, 5.74) is 0. The molecular weight excluding hydrogens is 361 g/mol. The topological polar surface area (TPSA) is 89.8 Å². The van der Waals surface area contributed by atoms with Gasteiger partial charge in [-0.15, -0.1) is 0 Å². The van der Waals surface area contributed by atoms with Crippen LogP contribution in [0.4, 0.5) is 0 Å². The molecule has 0 rings (SSSR count). The molecule has 0 unspecified atom stereocenters. The molecule has 0 fully saturated rings. The first-order valence-corrected chi connectivity index (χ1v) is 11.4. The van der Waals surface area contributed by atoms with Crippen LogP contribution >= 0.6 is 0 Å². The summed E-state index contributed by atoms with van der Waals surface area (Å²) in [6, 6.07) is 0. The van der Waals surface area contributed by atoms with Gasteiger partial charge < -0.3 is 10.1 Å². The molecule has 26 heavy (non-hydrogen) atoms. The fourth-order valence-electron chi connectivity index (χ4n) is 2.60. The first-order valence-electron chi connectivity index (χ1n) is 9.79. The third-order valence-corrected chi connectivity index (χ3v) is 4.87. The van der Waals surface area contributed by atoms with E-state index in [-0.39, 0.29) is 54.2 Å². The van der Waals surface area contributed by atoms with Crippen molar-refractivity contribution in [2.75, 3.05) is 12.3 Å². The maximum atomic E-state index is 11.4. The van der Waals surface area contributed by atoms with Gasteiger partial charge in [0, 0.05) is 6.54 Å². The van der Waals surface area contributed by atoms with Crippen molar-refractivity contribution in [2.45, 2.75) is 90.4 Å². The van der Waals surface area contributed by atoms with E-state index >= 15 is 0 Å². The van der Waals surface area contributed by atoms with Crippen molar-refractivity contribution in [3.05, 3.63) is 12.2 Å². The number of nitrogens with zero attached hydrogens (tertiary/aromatic N) is 1. The van der Waals surface area contributed by atoms with Crippen LogP contribution in [0, 0.1) is 0 Å². The Hall–Kier alpha value is 0.120. The van der Waals surface area contributed by atoms with E-state index in [2.05, 4.69) is 11.9 Å². The van der Waals surface area contributed by atoms with E-state index in [0.29, 0.717) is 0 Å². The molecule has 7 heteroatoms. The van der Waals surface area contributed by atoms with E-state index in [4.69, 9.17) is 4.55 Å². The van der Waals surface area contributed by atoms with Crippen molar-refractivity contribution in [3.8, 4) is 0 Å². The second kappa shape index (κ2) is 19.9. The molecule has 5 nitrogen and oxygen atoms in total. The van der Waals surface area contributed by atoms with E-state index in [1.54, 1.807) is 0 Å². The Morgan fingerprint density at radius 2 is 1.42 bits per heavy atom. The number of hydrogen-bond donors (Lipinski definition) is 1. The Bertz CT molecular complexity index is 464. The summed E-state index contributed by atoms with van der Waals surface area (Å²) < 4.78 is 29.5. The predicted molar refractivity (Wildman–Crippen MR) is 104 cm³/mol. The van der Waals surface area contributed by atoms with Gasteiger partial charge in [-0.3, -0.25) is 4.55 Å². The first kappa shape index (κ1) is 28.3. The minimum absolute atomic E-state index is 0. The van der Waals surface area contributed by atoms with Crippen LogP contribution in [0.1, 0.15) is 90.4 Å². The van der Waals surface area contributed by atoms with Crippen molar-refractivity contribution < 1.29 is 47.6 Å². The summed E-state index contributed by atoms with van der Waals surface area (Å²) in [4.78, 5) is 3.72. The Morgan fingerprint density at radius 1 is 0.923 bits per heavy atom. The SMILES string of the molecule is CCCCCCCCCCCCC/C=C/C([O-])=NCCCS(=O)(=O)O.[Na+]. The molecule has 0 bridgehead atoms. The van der Waals surface area contributed by atoms with Crippen LogP contribution in [0.3, 0.4) is 0 Å². The Balaban J connectivity index is 0. The van der Waals surface area contributed by atoms with Gasteiger partial charge in [-0.2, -0.15) is 8.42 Å². The second-order valence-corrected chi connectivity index (χ2v) is 8.16. The average molecular weight is 398 g/mol. The molecule has 1 N–H and O–H groups in total. The van der Waals surface area contributed by atoms with Crippen LogP contribution in [0.25, 0.3) is 0 Å². The third kappa shape index (κ3) is 24.1. The molecule has 0 aliphatic heterocycles. The minimum Gasteiger partial charge on any atom is -0.859 e. The summed E-state index contributed by atoms with van der Waals surface area (Å²) in [6.45, 7) is 2.37. The Morgan fingerprint density at radius 3 is 1.92 bits per heavy atom. The summed E-state index contributed by atoms with van der Waals surface area (Å²) in [6.07, 6.45) is 18.7. The summed E-state index contributed by atoms with van der Waals surface area (Å²) in [5, 5.41) is 11.4. The van der Waals surface area contributed by atoms with Crippen LogP contribution < -0.4 is 34.7 Å². The van der Waals surface area contributed by atoms with Gasteiger partial charge in [0.2, 0.25) is 0 Å². The zero-order chi connectivity index (χ0) is 18.8. The van der Waals surface area contributed by atoms with E-state index in [1.807, 2.05) is 6.08 Å². The van der Waals surface area contributed by atoms with Gasteiger partial charge in [0.1, 0.15) is 0 Å². The summed E-state index contributed by atoms with van der Waals surface area (Å²) >= 11 is 0. The van der Waals surface area contributed by atoms with Gasteiger partial charge >= 0.3 is 29.6 Å².